The number of non-ortho nitro benzene ring substituents is 1. The second-order valence-electron chi connectivity index (χ2n) is 6.16. The van der Waals surface area contributed by atoms with Crippen molar-refractivity contribution in [1.82, 2.24) is 10.2 Å². The zero-order valence-corrected chi connectivity index (χ0v) is 13.5. The SMILES string of the molecule is CC(C)CN1CCOC(CNC(=O)c2ccc([N+](=O)[O-])cc2)C1. The van der Waals surface area contributed by atoms with E-state index in [9.17, 15) is 14.9 Å². The van der Waals surface area contributed by atoms with Crippen molar-refractivity contribution in [2.75, 3.05) is 32.8 Å². The Morgan fingerprint density at radius 2 is 2.13 bits per heavy atom. The summed E-state index contributed by atoms with van der Waals surface area (Å²) >= 11 is 0. The van der Waals surface area contributed by atoms with Crippen LogP contribution < -0.4 is 5.32 Å². The van der Waals surface area contributed by atoms with Crippen molar-refractivity contribution in [2.24, 2.45) is 5.92 Å². The van der Waals surface area contributed by atoms with Crippen molar-refractivity contribution in [1.29, 1.82) is 0 Å². The average Bonchev–Trinajstić information content (AvgIpc) is 2.52. The molecule has 1 aromatic carbocycles. The van der Waals surface area contributed by atoms with E-state index >= 15 is 0 Å². The third-order valence-electron chi connectivity index (χ3n) is 3.68. The number of hydrogen-bond donors (Lipinski definition) is 1. The van der Waals surface area contributed by atoms with Crippen LogP contribution in [0.15, 0.2) is 24.3 Å². The van der Waals surface area contributed by atoms with Gasteiger partial charge in [0, 0.05) is 43.9 Å². The number of benzene rings is 1. The molecule has 23 heavy (non-hydrogen) atoms. The molecule has 1 saturated heterocycles. The van der Waals surface area contributed by atoms with E-state index in [2.05, 4.69) is 24.1 Å². The Morgan fingerprint density at radius 3 is 2.74 bits per heavy atom. The lowest BCUT2D eigenvalue weighted by molar-refractivity contribution is -0.384. The number of nitrogens with one attached hydrogen (secondary N) is 1. The monoisotopic (exact) mass is 321 g/mol. The molecule has 7 nitrogen and oxygen atoms in total. The van der Waals surface area contributed by atoms with Crippen LogP contribution in [0.1, 0.15) is 24.2 Å². The highest BCUT2D eigenvalue weighted by Crippen LogP contribution is 2.12. The molecular formula is C16H23N3O4. The number of nitrogens with zero attached hydrogens (tertiary/aromatic N) is 2. The van der Waals surface area contributed by atoms with Gasteiger partial charge in [-0.15, -0.1) is 0 Å². The van der Waals surface area contributed by atoms with Crippen LogP contribution in [0.2, 0.25) is 0 Å². The van der Waals surface area contributed by atoms with Crippen LogP contribution in [-0.2, 0) is 4.74 Å². The van der Waals surface area contributed by atoms with E-state index in [0.29, 0.717) is 24.6 Å². The smallest absolute Gasteiger partial charge is 0.269 e. The maximum atomic E-state index is 12.1. The fourth-order valence-electron chi connectivity index (χ4n) is 2.63. The number of ether oxygens (including phenoxy) is 1. The largest absolute Gasteiger partial charge is 0.374 e. The fourth-order valence-corrected chi connectivity index (χ4v) is 2.63. The maximum Gasteiger partial charge on any atom is 0.269 e. The van der Waals surface area contributed by atoms with Crippen LogP contribution >= 0.6 is 0 Å². The molecule has 0 bridgehead atoms. The topological polar surface area (TPSA) is 84.7 Å². The van der Waals surface area contributed by atoms with Crippen LogP contribution in [0, 0.1) is 16.0 Å². The first-order valence-electron chi connectivity index (χ1n) is 7.82. The van der Waals surface area contributed by atoms with Crippen LogP contribution in [0.25, 0.3) is 0 Å². The lowest BCUT2D eigenvalue weighted by Crippen LogP contribution is -2.48. The summed E-state index contributed by atoms with van der Waals surface area (Å²) in [5.41, 5.74) is 0.381. The van der Waals surface area contributed by atoms with Crippen molar-refractivity contribution in [3.8, 4) is 0 Å². The highest BCUT2D eigenvalue weighted by molar-refractivity contribution is 5.94. The second-order valence-corrected chi connectivity index (χ2v) is 6.16. The molecule has 0 saturated carbocycles. The van der Waals surface area contributed by atoms with Gasteiger partial charge in [0.2, 0.25) is 0 Å². The number of carbonyl (C=O) groups is 1. The van der Waals surface area contributed by atoms with Crippen LogP contribution in [0.4, 0.5) is 5.69 Å². The number of morpholine rings is 1. The number of nitro groups is 1. The summed E-state index contributed by atoms with van der Waals surface area (Å²) in [5.74, 6) is 0.355. The summed E-state index contributed by atoms with van der Waals surface area (Å²) in [6.45, 7) is 8.22. The van der Waals surface area contributed by atoms with Gasteiger partial charge in [-0.25, -0.2) is 0 Å². The van der Waals surface area contributed by atoms with Crippen molar-refractivity contribution < 1.29 is 14.5 Å². The van der Waals surface area contributed by atoms with E-state index in [4.69, 9.17) is 4.74 Å². The minimum absolute atomic E-state index is 0.0236. The molecule has 1 unspecified atom stereocenters. The van der Waals surface area contributed by atoms with Gasteiger partial charge in [-0.05, 0) is 18.1 Å². The van der Waals surface area contributed by atoms with Crippen molar-refractivity contribution in [3.05, 3.63) is 39.9 Å². The molecule has 1 heterocycles. The zero-order valence-electron chi connectivity index (χ0n) is 13.5. The van der Waals surface area contributed by atoms with Crippen LogP contribution in [0.3, 0.4) is 0 Å². The molecule has 0 spiro atoms. The van der Waals surface area contributed by atoms with Crippen molar-refractivity contribution in [2.45, 2.75) is 20.0 Å². The third kappa shape index (κ3) is 5.30. The Balaban J connectivity index is 1.82. The van der Waals surface area contributed by atoms with E-state index in [1.54, 1.807) is 0 Å². The maximum absolute atomic E-state index is 12.1. The van der Waals surface area contributed by atoms with Crippen LogP contribution in [-0.4, -0.2) is 54.6 Å². The van der Waals surface area contributed by atoms with Gasteiger partial charge in [0.1, 0.15) is 0 Å². The van der Waals surface area contributed by atoms with Crippen molar-refractivity contribution >= 4 is 11.6 Å². The quantitative estimate of drug-likeness (QED) is 0.636. The minimum Gasteiger partial charge on any atom is -0.374 e. The first-order chi connectivity index (χ1) is 11.0. The van der Waals surface area contributed by atoms with Gasteiger partial charge in [-0.3, -0.25) is 19.8 Å². The highest BCUT2D eigenvalue weighted by atomic mass is 16.6. The van der Waals surface area contributed by atoms with E-state index in [0.717, 1.165) is 19.6 Å². The van der Waals surface area contributed by atoms with E-state index < -0.39 is 4.92 Å². The number of rotatable bonds is 6. The lowest BCUT2D eigenvalue weighted by Gasteiger charge is -2.33. The summed E-state index contributed by atoms with van der Waals surface area (Å²) in [5, 5.41) is 13.4. The van der Waals surface area contributed by atoms with Gasteiger partial charge < -0.3 is 10.1 Å². The Morgan fingerprint density at radius 1 is 1.43 bits per heavy atom. The summed E-state index contributed by atoms with van der Waals surface area (Å²) in [6, 6.07) is 5.58. The molecule has 126 valence electrons. The van der Waals surface area contributed by atoms with Crippen molar-refractivity contribution in [3.63, 3.8) is 0 Å². The molecule has 1 fully saturated rings. The number of nitro benzene ring substituents is 1. The fraction of sp³-hybridized carbons (Fsp3) is 0.562. The van der Waals surface area contributed by atoms with Gasteiger partial charge in [0.15, 0.2) is 0 Å². The Bertz CT molecular complexity index is 545. The molecule has 7 heteroatoms. The van der Waals surface area contributed by atoms with E-state index in [-0.39, 0.29) is 17.7 Å². The van der Waals surface area contributed by atoms with Gasteiger partial charge in [-0.1, -0.05) is 13.8 Å². The molecule has 1 N–H and O–H groups in total. The summed E-state index contributed by atoms with van der Waals surface area (Å²) in [4.78, 5) is 24.5. The third-order valence-corrected chi connectivity index (χ3v) is 3.68. The first kappa shape index (κ1) is 17.4. The Labute approximate surface area is 135 Å². The van der Waals surface area contributed by atoms with E-state index in [1.165, 1.54) is 24.3 Å². The normalized spacial score (nSPS) is 18.8. The molecule has 0 radical (unpaired) electrons. The number of carbonyl (C=O) groups excluding carboxylic acids is 1. The molecule has 1 aromatic rings. The molecule has 1 atom stereocenters. The molecule has 0 aliphatic carbocycles. The summed E-state index contributed by atoms with van der Waals surface area (Å²) < 4.78 is 5.68. The summed E-state index contributed by atoms with van der Waals surface area (Å²) in [6.07, 6.45) is -0.0236. The average molecular weight is 321 g/mol. The summed E-state index contributed by atoms with van der Waals surface area (Å²) in [7, 11) is 0. The lowest BCUT2D eigenvalue weighted by atomic mass is 10.1. The first-order valence-corrected chi connectivity index (χ1v) is 7.82. The Kier molecular flexibility index (Phi) is 6.06. The predicted octanol–water partition coefficient (Wildman–Crippen LogP) is 1.68. The van der Waals surface area contributed by atoms with Crippen LogP contribution in [0.5, 0.6) is 0 Å². The molecule has 1 aliphatic heterocycles. The Hall–Kier alpha value is -1.99. The van der Waals surface area contributed by atoms with E-state index in [1.807, 2.05) is 0 Å². The highest BCUT2D eigenvalue weighted by Gasteiger charge is 2.21. The van der Waals surface area contributed by atoms with Gasteiger partial charge in [0.05, 0.1) is 17.6 Å². The zero-order chi connectivity index (χ0) is 16.8. The standard InChI is InChI=1S/C16H23N3O4/c1-12(2)10-18-7-8-23-15(11-18)9-17-16(20)13-3-5-14(6-4-13)19(21)22/h3-6,12,15H,7-11H2,1-2H3,(H,17,20). The van der Waals surface area contributed by atoms with Gasteiger partial charge >= 0.3 is 0 Å². The molecule has 2 rings (SSSR count). The molecule has 1 aliphatic rings. The number of hydrogen-bond acceptors (Lipinski definition) is 5. The predicted molar refractivity (Wildman–Crippen MR) is 86.4 cm³/mol. The molecule has 0 aromatic heterocycles. The second kappa shape index (κ2) is 8.03. The van der Waals surface area contributed by atoms with Gasteiger partial charge in [0.25, 0.3) is 11.6 Å². The molecular weight excluding hydrogens is 298 g/mol. The number of amides is 1. The van der Waals surface area contributed by atoms with Gasteiger partial charge in [-0.2, -0.15) is 0 Å². The minimum atomic E-state index is -0.485. The molecule has 1 amide bonds.